The van der Waals surface area contributed by atoms with Crippen molar-refractivity contribution in [1.29, 1.82) is 0 Å². The van der Waals surface area contributed by atoms with Crippen LogP contribution in [0.3, 0.4) is 0 Å². The molecule has 2 atom stereocenters. The molecule has 1 fully saturated rings. The second-order valence-electron chi connectivity index (χ2n) is 7.25. The highest BCUT2D eigenvalue weighted by Crippen LogP contribution is 2.21. The normalized spacial score (nSPS) is 18.4. The van der Waals surface area contributed by atoms with Gasteiger partial charge in [-0.15, -0.1) is 0 Å². The zero-order valence-corrected chi connectivity index (χ0v) is 16.1. The molecule has 0 aliphatic carbocycles. The van der Waals surface area contributed by atoms with Gasteiger partial charge in [0.2, 0.25) is 5.91 Å². The Hall–Kier alpha value is -2.14. The minimum atomic E-state index is -0.922. The van der Waals surface area contributed by atoms with Crippen molar-refractivity contribution in [3.63, 3.8) is 0 Å². The van der Waals surface area contributed by atoms with Crippen molar-refractivity contribution in [2.24, 2.45) is 0 Å². The van der Waals surface area contributed by atoms with Gasteiger partial charge in [-0.2, -0.15) is 0 Å². The number of aromatic carboxylic acids is 1. The number of unbranched alkanes of at least 4 members (excludes halogenated alkanes) is 2. The first-order valence-electron chi connectivity index (χ1n) is 9.99. The molecule has 1 aliphatic heterocycles. The average molecular weight is 373 g/mol. The van der Waals surface area contributed by atoms with Crippen molar-refractivity contribution < 1.29 is 19.8 Å². The molecule has 1 aromatic carbocycles. The quantitative estimate of drug-likeness (QED) is 0.457. The Morgan fingerprint density at radius 1 is 1.33 bits per heavy atom. The first-order valence-corrected chi connectivity index (χ1v) is 9.99. The monoisotopic (exact) mass is 373 g/mol. The lowest BCUT2D eigenvalue weighted by atomic mass is 10.1. The fourth-order valence-electron chi connectivity index (χ4n) is 3.52. The minimum Gasteiger partial charge on any atom is -0.478 e. The maximum absolute atomic E-state index is 12.2. The third kappa shape index (κ3) is 6.83. The van der Waals surface area contributed by atoms with Crippen LogP contribution in [0.4, 0.5) is 0 Å². The molecule has 2 rings (SSSR count). The van der Waals surface area contributed by atoms with E-state index < -0.39 is 12.1 Å². The Morgan fingerprint density at radius 2 is 2.15 bits per heavy atom. The van der Waals surface area contributed by atoms with Gasteiger partial charge >= 0.3 is 5.97 Å². The number of aliphatic hydroxyl groups is 1. The maximum atomic E-state index is 12.2. The number of carbonyl (C=O) groups excluding carboxylic acids is 1. The van der Waals surface area contributed by atoms with Crippen LogP contribution >= 0.6 is 0 Å². The summed E-state index contributed by atoms with van der Waals surface area (Å²) in [6, 6.07) is 7.01. The number of aliphatic hydroxyl groups excluding tert-OH is 1. The highest BCUT2D eigenvalue weighted by Gasteiger charge is 2.28. The van der Waals surface area contributed by atoms with Crippen LogP contribution in [0.1, 0.15) is 67.8 Å². The second kappa shape index (κ2) is 10.9. The van der Waals surface area contributed by atoms with Crippen molar-refractivity contribution in [3.05, 3.63) is 47.5 Å². The number of benzene rings is 1. The standard InChI is InChI=1S/C22H31NO4/c1-2-3-4-10-20(24)13-11-19-12-14-21(25)23(19)15-6-8-17-7-5-9-18(16-17)22(26)27/h5,7,9,11,13,16,19-20,24H,2-4,6,8,10,12,14-15H2,1H3,(H,26,27)/b13-11+/t19?,20-/m1/s1. The lowest BCUT2D eigenvalue weighted by Crippen LogP contribution is -2.33. The SMILES string of the molecule is CCCCC[C@@H](O)/C=C/C1CCC(=O)N1CCCc1cccc(C(=O)O)c1. The number of amides is 1. The van der Waals surface area contributed by atoms with Crippen LogP contribution in [-0.4, -0.2) is 45.7 Å². The number of hydrogen-bond acceptors (Lipinski definition) is 3. The fourth-order valence-corrected chi connectivity index (χ4v) is 3.52. The third-order valence-corrected chi connectivity index (χ3v) is 5.07. The Bertz CT molecular complexity index is 655. The summed E-state index contributed by atoms with van der Waals surface area (Å²) < 4.78 is 0. The van der Waals surface area contributed by atoms with E-state index in [1.54, 1.807) is 18.2 Å². The minimum absolute atomic E-state index is 0.0590. The van der Waals surface area contributed by atoms with E-state index in [0.29, 0.717) is 18.5 Å². The topological polar surface area (TPSA) is 77.8 Å². The van der Waals surface area contributed by atoms with Crippen molar-refractivity contribution in [2.75, 3.05) is 6.54 Å². The molecule has 27 heavy (non-hydrogen) atoms. The van der Waals surface area contributed by atoms with Crippen LogP contribution in [-0.2, 0) is 11.2 Å². The third-order valence-electron chi connectivity index (χ3n) is 5.07. The summed E-state index contributed by atoms with van der Waals surface area (Å²) in [6.07, 6.45) is 10.3. The van der Waals surface area contributed by atoms with Crippen LogP contribution in [0.25, 0.3) is 0 Å². The Labute approximate surface area is 161 Å². The number of likely N-dealkylation sites (tertiary alicyclic amines) is 1. The van der Waals surface area contributed by atoms with Gasteiger partial charge in [0.05, 0.1) is 17.7 Å². The maximum Gasteiger partial charge on any atom is 0.335 e. The van der Waals surface area contributed by atoms with Gasteiger partial charge in [-0.05, 0) is 43.4 Å². The van der Waals surface area contributed by atoms with E-state index in [0.717, 1.165) is 50.5 Å². The van der Waals surface area contributed by atoms with Gasteiger partial charge in [0, 0.05) is 13.0 Å². The van der Waals surface area contributed by atoms with Crippen molar-refractivity contribution in [1.82, 2.24) is 4.90 Å². The lowest BCUT2D eigenvalue weighted by Gasteiger charge is -2.22. The summed E-state index contributed by atoms with van der Waals surface area (Å²) in [7, 11) is 0. The van der Waals surface area contributed by atoms with Gasteiger partial charge in [-0.25, -0.2) is 4.79 Å². The highest BCUT2D eigenvalue weighted by atomic mass is 16.4. The van der Waals surface area contributed by atoms with E-state index >= 15 is 0 Å². The van der Waals surface area contributed by atoms with Gasteiger partial charge in [0.15, 0.2) is 0 Å². The average Bonchev–Trinajstić information content (AvgIpc) is 3.00. The van der Waals surface area contributed by atoms with Gasteiger partial charge in [0.1, 0.15) is 0 Å². The number of hydrogen-bond donors (Lipinski definition) is 2. The van der Waals surface area contributed by atoms with Crippen LogP contribution in [0.15, 0.2) is 36.4 Å². The predicted molar refractivity (Wildman–Crippen MR) is 106 cm³/mol. The molecule has 0 radical (unpaired) electrons. The van der Waals surface area contributed by atoms with E-state index in [1.165, 1.54) is 0 Å². The van der Waals surface area contributed by atoms with Crippen molar-refractivity contribution >= 4 is 11.9 Å². The number of rotatable bonds is 11. The molecule has 2 N–H and O–H groups in total. The molecule has 1 amide bonds. The highest BCUT2D eigenvalue weighted by molar-refractivity contribution is 5.87. The van der Waals surface area contributed by atoms with E-state index in [-0.39, 0.29) is 11.9 Å². The van der Waals surface area contributed by atoms with E-state index in [9.17, 15) is 14.7 Å². The van der Waals surface area contributed by atoms with Gasteiger partial charge < -0.3 is 15.1 Å². The molecule has 5 heteroatoms. The molecular weight excluding hydrogens is 342 g/mol. The summed E-state index contributed by atoms with van der Waals surface area (Å²) in [5.74, 6) is -0.765. The number of carboxylic acid groups (broad SMARTS) is 1. The van der Waals surface area contributed by atoms with Crippen molar-refractivity contribution in [3.8, 4) is 0 Å². The Kier molecular flexibility index (Phi) is 8.52. The number of aryl methyl sites for hydroxylation is 1. The van der Waals surface area contributed by atoms with Crippen LogP contribution < -0.4 is 0 Å². The van der Waals surface area contributed by atoms with E-state index in [2.05, 4.69) is 6.92 Å². The summed E-state index contributed by atoms with van der Waals surface area (Å²) >= 11 is 0. The molecule has 148 valence electrons. The zero-order valence-electron chi connectivity index (χ0n) is 16.1. The molecule has 0 spiro atoms. The molecule has 0 bridgehead atoms. The first-order chi connectivity index (χ1) is 13.0. The molecule has 1 unspecified atom stereocenters. The second-order valence-corrected chi connectivity index (χ2v) is 7.25. The molecule has 0 saturated carbocycles. The summed E-state index contributed by atoms with van der Waals surface area (Å²) in [6.45, 7) is 2.79. The smallest absolute Gasteiger partial charge is 0.335 e. The van der Waals surface area contributed by atoms with E-state index in [1.807, 2.05) is 23.1 Å². The fraction of sp³-hybridized carbons (Fsp3) is 0.545. The zero-order chi connectivity index (χ0) is 19.6. The first kappa shape index (κ1) is 21.2. The van der Waals surface area contributed by atoms with Crippen LogP contribution in [0, 0.1) is 0 Å². The predicted octanol–water partition coefficient (Wildman–Crippen LogP) is 3.81. The molecule has 1 aromatic rings. The number of nitrogens with zero attached hydrogens (tertiary/aromatic N) is 1. The Balaban J connectivity index is 1.83. The lowest BCUT2D eigenvalue weighted by molar-refractivity contribution is -0.128. The molecule has 5 nitrogen and oxygen atoms in total. The van der Waals surface area contributed by atoms with Gasteiger partial charge in [0.25, 0.3) is 0 Å². The Morgan fingerprint density at radius 3 is 2.89 bits per heavy atom. The number of carbonyl (C=O) groups is 2. The summed E-state index contributed by atoms with van der Waals surface area (Å²) in [5, 5.41) is 19.1. The molecule has 1 saturated heterocycles. The summed E-state index contributed by atoms with van der Waals surface area (Å²) in [4.78, 5) is 25.1. The molecular formula is C22H31NO4. The van der Waals surface area contributed by atoms with Gasteiger partial charge in [-0.1, -0.05) is 50.5 Å². The summed E-state index contributed by atoms with van der Waals surface area (Å²) in [5.41, 5.74) is 1.27. The van der Waals surface area contributed by atoms with Crippen LogP contribution in [0.2, 0.25) is 0 Å². The molecule has 0 aromatic heterocycles. The largest absolute Gasteiger partial charge is 0.478 e. The van der Waals surface area contributed by atoms with Crippen LogP contribution in [0.5, 0.6) is 0 Å². The van der Waals surface area contributed by atoms with Crippen molar-refractivity contribution in [2.45, 2.75) is 70.4 Å². The number of carboxylic acids is 1. The van der Waals surface area contributed by atoms with E-state index in [4.69, 9.17) is 5.11 Å². The van der Waals surface area contributed by atoms with Gasteiger partial charge in [-0.3, -0.25) is 4.79 Å². The molecule has 1 aliphatic rings. The molecule has 1 heterocycles.